The van der Waals surface area contributed by atoms with Gasteiger partial charge in [-0.3, -0.25) is 14.2 Å². The summed E-state index contributed by atoms with van der Waals surface area (Å²) >= 11 is 3.01. The highest BCUT2D eigenvalue weighted by molar-refractivity contribution is 7.99. The fourth-order valence-corrected chi connectivity index (χ4v) is 7.10. The van der Waals surface area contributed by atoms with Gasteiger partial charge in [-0.25, -0.2) is 4.98 Å². The van der Waals surface area contributed by atoms with Crippen molar-refractivity contribution < 1.29 is 9.53 Å². The first-order chi connectivity index (χ1) is 16.2. The molecule has 0 amide bonds. The quantitative estimate of drug-likeness (QED) is 0.216. The van der Waals surface area contributed by atoms with Crippen LogP contribution in [0, 0.1) is 0 Å². The third-order valence-corrected chi connectivity index (χ3v) is 8.77. The van der Waals surface area contributed by atoms with Gasteiger partial charge in [0.1, 0.15) is 4.83 Å². The third-order valence-electron chi connectivity index (χ3n) is 6.60. The molecule has 33 heavy (non-hydrogen) atoms. The van der Waals surface area contributed by atoms with E-state index in [-0.39, 0.29) is 23.2 Å². The summed E-state index contributed by atoms with van der Waals surface area (Å²) in [5, 5.41) is 3.58. The Labute approximate surface area is 199 Å². The lowest BCUT2D eigenvalue weighted by Gasteiger charge is -2.16. The minimum absolute atomic E-state index is 0.0237. The molecule has 1 aliphatic carbocycles. The highest BCUT2D eigenvalue weighted by Crippen LogP contribution is 2.36. The first-order valence-electron chi connectivity index (χ1n) is 11.5. The van der Waals surface area contributed by atoms with E-state index in [0.717, 1.165) is 59.7 Å². The van der Waals surface area contributed by atoms with E-state index in [1.807, 2.05) is 42.5 Å². The van der Waals surface area contributed by atoms with Crippen molar-refractivity contribution in [2.45, 2.75) is 49.9 Å². The zero-order valence-electron chi connectivity index (χ0n) is 18.2. The minimum atomic E-state index is 0.0237. The van der Waals surface area contributed by atoms with Gasteiger partial charge in [0.25, 0.3) is 5.56 Å². The van der Waals surface area contributed by atoms with Crippen molar-refractivity contribution in [2.24, 2.45) is 0 Å². The molecule has 2 aromatic heterocycles. The fraction of sp³-hybridized carbons (Fsp3) is 0.346. The first kappa shape index (κ1) is 21.1. The number of rotatable bonds is 6. The van der Waals surface area contributed by atoms with Crippen LogP contribution in [0.1, 0.15) is 40.1 Å². The number of ether oxygens (including phenoxy) is 1. The zero-order valence-corrected chi connectivity index (χ0v) is 19.8. The Hall–Kier alpha value is -2.48. The van der Waals surface area contributed by atoms with E-state index in [2.05, 4.69) is 0 Å². The number of thiophene rings is 1. The molecule has 7 heteroatoms. The number of thioether (sulfide) groups is 1. The topological polar surface area (TPSA) is 61.2 Å². The van der Waals surface area contributed by atoms with Crippen molar-refractivity contribution in [1.29, 1.82) is 0 Å². The summed E-state index contributed by atoms with van der Waals surface area (Å²) in [6.45, 7) is 1.24. The summed E-state index contributed by atoms with van der Waals surface area (Å²) in [7, 11) is 0. The molecule has 1 fully saturated rings. The Balaban J connectivity index is 1.33. The van der Waals surface area contributed by atoms with Gasteiger partial charge in [-0.05, 0) is 54.5 Å². The van der Waals surface area contributed by atoms with E-state index in [1.165, 1.54) is 22.2 Å². The lowest BCUT2D eigenvalue weighted by molar-refractivity contribution is 0.0937. The predicted molar refractivity (Wildman–Crippen MR) is 134 cm³/mol. The van der Waals surface area contributed by atoms with Crippen LogP contribution in [0.3, 0.4) is 0 Å². The normalized spacial score (nSPS) is 17.8. The van der Waals surface area contributed by atoms with Crippen LogP contribution in [0.5, 0.6) is 0 Å². The average molecular weight is 477 g/mol. The van der Waals surface area contributed by atoms with Gasteiger partial charge in [-0.2, -0.15) is 0 Å². The van der Waals surface area contributed by atoms with Crippen LogP contribution in [0.25, 0.3) is 21.0 Å². The Kier molecular flexibility index (Phi) is 5.56. The summed E-state index contributed by atoms with van der Waals surface area (Å²) in [4.78, 5) is 33.6. The monoisotopic (exact) mass is 476 g/mol. The Bertz CT molecular complexity index is 1430. The fourth-order valence-electron chi connectivity index (χ4n) is 4.90. The van der Waals surface area contributed by atoms with Gasteiger partial charge >= 0.3 is 0 Å². The van der Waals surface area contributed by atoms with Gasteiger partial charge in [-0.1, -0.05) is 48.2 Å². The number of carbonyl (C=O) groups excluding carboxylic acids is 1. The molecule has 5 nitrogen and oxygen atoms in total. The van der Waals surface area contributed by atoms with E-state index in [0.29, 0.717) is 17.3 Å². The second kappa shape index (κ2) is 8.70. The first-order valence-corrected chi connectivity index (χ1v) is 13.3. The molecule has 6 rings (SSSR count). The van der Waals surface area contributed by atoms with E-state index in [9.17, 15) is 9.59 Å². The van der Waals surface area contributed by atoms with E-state index in [4.69, 9.17) is 9.72 Å². The average Bonchev–Trinajstić information content (AvgIpc) is 3.57. The summed E-state index contributed by atoms with van der Waals surface area (Å²) in [5.41, 5.74) is 1.90. The predicted octanol–water partition coefficient (Wildman–Crippen LogP) is 5.25. The highest BCUT2D eigenvalue weighted by atomic mass is 32.2. The molecule has 2 aliphatic rings. The maximum Gasteiger partial charge on any atom is 0.263 e. The van der Waals surface area contributed by atoms with Gasteiger partial charge in [0.15, 0.2) is 10.9 Å². The lowest BCUT2D eigenvalue weighted by atomic mass is 10.1. The third kappa shape index (κ3) is 3.92. The van der Waals surface area contributed by atoms with Crippen LogP contribution in [0.4, 0.5) is 0 Å². The SMILES string of the molecule is O=C(CSc1nc2sc3c(c2c(=O)n1C[C@@H]1CCCO1)CCC3)c1ccc2ccccc2c1. The van der Waals surface area contributed by atoms with Gasteiger partial charge in [0, 0.05) is 17.0 Å². The molecule has 1 aliphatic heterocycles. The number of hydrogen-bond acceptors (Lipinski definition) is 6. The van der Waals surface area contributed by atoms with Crippen LogP contribution < -0.4 is 5.56 Å². The second-order valence-corrected chi connectivity index (χ2v) is 10.8. The number of nitrogens with zero attached hydrogens (tertiary/aromatic N) is 2. The van der Waals surface area contributed by atoms with Crippen molar-refractivity contribution in [2.75, 3.05) is 12.4 Å². The van der Waals surface area contributed by atoms with Crippen molar-refractivity contribution in [1.82, 2.24) is 9.55 Å². The standard InChI is InChI=1S/C26H24N2O3S2/c29-21(18-11-10-16-5-1-2-6-17(16)13-18)15-32-26-27-24-23(20-8-3-9-22(20)33-24)25(30)28(26)14-19-7-4-12-31-19/h1-2,5-6,10-11,13,19H,3-4,7-9,12,14-15H2/t19-/m0/s1. The molecular weight excluding hydrogens is 452 g/mol. The number of carbonyl (C=O) groups is 1. The molecule has 0 spiro atoms. The van der Waals surface area contributed by atoms with Crippen LogP contribution in [-0.2, 0) is 24.1 Å². The van der Waals surface area contributed by atoms with Crippen LogP contribution >= 0.6 is 23.1 Å². The van der Waals surface area contributed by atoms with E-state index in [1.54, 1.807) is 15.9 Å². The maximum absolute atomic E-state index is 13.6. The van der Waals surface area contributed by atoms with Crippen LogP contribution in [-0.4, -0.2) is 33.8 Å². The molecule has 168 valence electrons. The largest absolute Gasteiger partial charge is 0.376 e. The van der Waals surface area contributed by atoms with E-state index < -0.39 is 0 Å². The molecule has 0 bridgehead atoms. The summed E-state index contributed by atoms with van der Waals surface area (Å²) in [6, 6.07) is 13.8. The molecule has 0 radical (unpaired) electrons. The van der Waals surface area contributed by atoms with Crippen molar-refractivity contribution >= 4 is 49.9 Å². The van der Waals surface area contributed by atoms with Crippen molar-refractivity contribution in [3.8, 4) is 0 Å². The molecule has 3 heterocycles. The molecule has 4 aromatic rings. The van der Waals surface area contributed by atoms with Crippen LogP contribution in [0.2, 0.25) is 0 Å². The second-order valence-electron chi connectivity index (χ2n) is 8.76. The number of ketones is 1. The summed E-state index contributed by atoms with van der Waals surface area (Å²) in [5.74, 6) is 0.282. The molecule has 2 aromatic carbocycles. The number of benzene rings is 2. The zero-order chi connectivity index (χ0) is 22.4. The Morgan fingerprint density at radius 1 is 1.15 bits per heavy atom. The number of aryl methyl sites for hydroxylation is 2. The van der Waals surface area contributed by atoms with Gasteiger partial charge in [0.2, 0.25) is 0 Å². The highest BCUT2D eigenvalue weighted by Gasteiger charge is 2.26. The van der Waals surface area contributed by atoms with Gasteiger partial charge in [-0.15, -0.1) is 11.3 Å². The molecule has 0 unspecified atom stereocenters. The number of hydrogen-bond donors (Lipinski definition) is 0. The van der Waals surface area contributed by atoms with Gasteiger partial charge in [0.05, 0.1) is 23.8 Å². The molecular formula is C26H24N2O3S2. The van der Waals surface area contributed by atoms with Crippen LogP contribution in [0.15, 0.2) is 52.4 Å². The summed E-state index contributed by atoms with van der Waals surface area (Å²) in [6.07, 6.45) is 5.10. The number of fused-ring (bicyclic) bond motifs is 4. The molecule has 0 saturated carbocycles. The van der Waals surface area contributed by atoms with Gasteiger partial charge < -0.3 is 4.74 Å². The minimum Gasteiger partial charge on any atom is -0.376 e. The Morgan fingerprint density at radius 2 is 2.03 bits per heavy atom. The smallest absolute Gasteiger partial charge is 0.263 e. The lowest BCUT2D eigenvalue weighted by Crippen LogP contribution is -2.29. The van der Waals surface area contributed by atoms with E-state index >= 15 is 0 Å². The summed E-state index contributed by atoms with van der Waals surface area (Å²) < 4.78 is 7.59. The molecule has 1 saturated heterocycles. The maximum atomic E-state index is 13.6. The Morgan fingerprint density at radius 3 is 2.88 bits per heavy atom. The molecule has 1 atom stereocenters. The van der Waals surface area contributed by atoms with Crippen molar-refractivity contribution in [3.63, 3.8) is 0 Å². The number of Topliss-reactive ketones (excluding diaryl/α,β-unsaturated/α-hetero) is 1. The van der Waals surface area contributed by atoms with Crippen molar-refractivity contribution in [3.05, 3.63) is 68.8 Å². The molecule has 0 N–H and O–H groups in total. The number of aromatic nitrogens is 2.